The van der Waals surface area contributed by atoms with Crippen LogP contribution in [0.25, 0.3) is 0 Å². The van der Waals surface area contributed by atoms with Crippen molar-refractivity contribution in [1.29, 1.82) is 0 Å². The van der Waals surface area contributed by atoms with Crippen molar-refractivity contribution >= 4 is 17.4 Å². The van der Waals surface area contributed by atoms with Gasteiger partial charge in [0.05, 0.1) is 11.6 Å². The number of aromatic nitrogens is 1. The Morgan fingerprint density at radius 3 is 2.88 bits per heavy atom. The minimum atomic E-state index is -0.101. The minimum Gasteiger partial charge on any atom is -0.337 e. The van der Waals surface area contributed by atoms with Gasteiger partial charge in [0, 0.05) is 30.2 Å². The molecule has 2 aromatic rings. The number of hydrogen-bond acceptors (Lipinski definition) is 4. The van der Waals surface area contributed by atoms with E-state index in [1.54, 1.807) is 11.3 Å². The smallest absolute Gasteiger partial charge is 0.315 e. The molecule has 1 aromatic carbocycles. The van der Waals surface area contributed by atoms with Gasteiger partial charge in [0.15, 0.2) is 0 Å². The lowest BCUT2D eigenvalue weighted by Gasteiger charge is -2.35. The van der Waals surface area contributed by atoms with Crippen LogP contribution in [0.3, 0.4) is 0 Å². The third-order valence-electron chi connectivity index (χ3n) is 4.57. The van der Waals surface area contributed by atoms with E-state index >= 15 is 0 Å². The fraction of sp³-hybridized carbons (Fsp3) is 0.474. The Labute approximate surface area is 153 Å². The number of urea groups is 1. The highest BCUT2D eigenvalue weighted by atomic mass is 32.1. The molecule has 2 N–H and O–H groups in total. The SMILES string of the molecule is Cc1ncc(CNC(=O)NCC2CCCCN2Cc2ccccc2)s1. The zero-order valence-corrected chi connectivity index (χ0v) is 15.5. The van der Waals surface area contributed by atoms with Crippen LogP contribution in [0, 0.1) is 6.92 Å². The lowest BCUT2D eigenvalue weighted by atomic mass is 10.0. The highest BCUT2D eigenvalue weighted by Crippen LogP contribution is 2.19. The Hall–Kier alpha value is -1.92. The molecule has 2 amide bonds. The maximum absolute atomic E-state index is 12.1. The zero-order chi connectivity index (χ0) is 17.5. The monoisotopic (exact) mass is 358 g/mol. The van der Waals surface area contributed by atoms with Crippen LogP contribution in [0.1, 0.15) is 34.7 Å². The fourth-order valence-electron chi connectivity index (χ4n) is 3.24. The number of amides is 2. The van der Waals surface area contributed by atoms with Gasteiger partial charge in [0.1, 0.15) is 0 Å². The molecule has 1 aromatic heterocycles. The van der Waals surface area contributed by atoms with Gasteiger partial charge in [-0.15, -0.1) is 11.3 Å². The Kier molecular flexibility index (Phi) is 6.42. The van der Waals surface area contributed by atoms with Crippen LogP contribution in [0.4, 0.5) is 4.79 Å². The predicted molar refractivity (Wildman–Crippen MR) is 102 cm³/mol. The van der Waals surface area contributed by atoms with Crippen LogP contribution < -0.4 is 10.6 Å². The van der Waals surface area contributed by atoms with Crippen LogP contribution in [0.15, 0.2) is 36.5 Å². The van der Waals surface area contributed by atoms with Crippen molar-refractivity contribution < 1.29 is 4.79 Å². The number of nitrogens with zero attached hydrogens (tertiary/aromatic N) is 2. The number of likely N-dealkylation sites (tertiary alicyclic amines) is 1. The first-order valence-corrected chi connectivity index (χ1v) is 9.73. The molecule has 6 heteroatoms. The van der Waals surface area contributed by atoms with Gasteiger partial charge in [-0.2, -0.15) is 0 Å². The number of hydrogen-bond donors (Lipinski definition) is 2. The molecule has 0 spiro atoms. The van der Waals surface area contributed by atoms with Gasteiger partial charge in [-0.1, -0.05) is 36.8 Å². The topological polar surface area (TPSA) is 57.3 Å². The van der Waals surface area contributed by atoms with Crippen LogP contribution in [0.5, 0.6) is 0 Å². The molecule has 25 heavy (non-hydrogen) atoms. The second-order valence-electron chi connectivity index (χ2n) is 6.51. The van der Waals surface area contributed by atoms with Gasteiger partial charge >= 0.3 is 6.03 Å². The van der Waals surface area contributed by atoms with Gasteiger partial charge in [-0.25, -0.2) is 9.78 Å². The van der Waals surface area contributed by atoms with Crippen LogP contribution in [0.2, 0.25) is 0 Å². The molecular weight excluding hydrogens is 332 g/mol. The lowest BCUT2D eigenvalue weighted by molar-refractivity contribution is 0.138. The van der Waals surface area contributed by atoms with Crippen molar-refractivity contribution in [3.8, 4) is 0 Å². The highest BCUT2D eigenvalue weighted by Gasteiger charge is 2.22. The van der Waals surface area contributed by atoms with Crippen molar-refractivity contribution in [2.75, 3.05) is 13.1 Å². The molecule has 1 fully saturated rings. The van der Waals surface area contributed by atoms with E-state index in [1.165, 1.54) is 18.4 Å². The van der Waals surface area contributed by atoms with Crippen molar-refractivity contribution in [1.82, 2.24) is 20.5 Å². The normalized spacial score (nSPS) is 18.0. The number of carbonyl (C=O) groups is 1. The van der Waals surface area contributed by atoms with E-state index in [2.05, 4.69) is 44.8 Å². The van der Waals surface area contributed by atoms with Crippen LogP contribution in [-0.4, -0.2) is 35.0 Å². The molecule has 1 aliphatic heterocycles. The van der Waals surface area contributed by atoms with Crippen molar-refractivity contribution in [3.63, 3.8) is 0 Å². The van der Waals surface area contributed by atoms with Gasteiger partial charge in [0.25, 0.3) is 0 Å². The van der Waals surface area contributed by atoms with Gasteiger partial charge in [0.2, 0.25) is 0 Å². The summed E-state index contributed by atoms with van der Waals surface area (Å²) in [6.07, 6.45) is 5.43. The van der Waals surface area contributed by atoms with Gasteiger partial charge in [-0.05, 0) is 31.9 Å². The van der Waals surface area contributed by atoms with E-state index in [-0.39, 0.29) is 6.03 Å². The number of aryl methyl sites for hydroxylation is 1. The lowest BCUT2D eigenvalue weighted by Crippen LogP contribution is -2.48. The quantitative estimate of drug-likeness (QED) is 0.833. The Balaban J connectivity index is 1.45. The second kappa shape index (κ2) is 8.97. The van der Waals surface area contributed by atoms with Gasteiger partial charge in [-0.3, -0.25) is 4.90 Å². The summed E-state index contributed by atoms with van der Waals surface area (Å²) in [6.45, 7) is 5.26. The third-order valence-corrected chi connectivity index (χ3v) is 5.48. The third kappa shape index (κ3) is 5.54. The van der Waals surface area contributed by atoms with E-state index in [9.17, 15) is 4.79 Å². The van der Waals surface area contributed by atoms with Crippen molar-refractivity contribution in [2.24, 2.45) is 0 Å². The molecule has 2 heterocycles. The number of carbonyl (C=O) groups excluding carboxylic acids is 1. The number of piperidine rings is 1. The van der Waals surface area contributed by atoms with E-state index in [0.29, 0.717) is 19.1 Å². The molecule has 1 atom stereocenters. The zero-order valence-electron chi connectivity index (χ0n) is 14.7. The molecular formula is C19H26N4OS. The summed E-state index contributed by atoms with van der Waals surface area (Å²) in [6, 6.07) is 10.9. The van der Waals surface area contributed by atoms with Crippen molar-refractivity contribution in [3.05, 3.63) is 52.0 Å². The van der Waals surface area contributed by atoms with E-state index in [0.717, 1.165) is 29.4 Å². The molecule has 0 aliphatic carbocycles. The Morgan fingerprint density at radius 1 is 1.28 bits per heavy atom. The van der Waals surface area contributed by atoms with Crippen LogP contribution >= 0.6 is 11.3 Å². The average molecular weight is 359 g/mol. The summed E-state index contributed by atoms with van der Waals surface area (Å²) in [5.41, 5.74) is 1.33. The number of rotatable bonds is 6. The fourth-order valence-corrected chi connectivity index (χ4v) is 3.98. The molecule has 1 unspecified atom stereocenters. The maximum atomic E-state index is 12.1. The standard InChI is InChI=1S/C19H26N4OS/c1-15-20-12-18(25-15)13-22-19(24)21-11-17-9-5-6-10-23(17)14-16-7-3-2-4-8-16/h2-4,7-8,12,17H,5-6,9-11,13-14H2,1H3,(H2,21,22,24). The largest absolute Gasteiger partial charge is 0.337 e. The van der Waals surface area contributed by atoms with E-state index in [4.69, 9.17) is 0 Å². The highest BCUT2D eigenvalue weighted by molar-refractivity contribution is 7.11. The summed E-state index contributed by atoms with van der Waals surface area (Å²) >= 11 is 1.62. The summed E-state index contributed by atoms with van der Waals surface area (Å²) in [7, 11) is 0. The van der Waals surface area contributed by atoms with Crippen molar-refractivity contribution in [2.45, 2.75) is 45.3 Å². The molecule has 0 bridgehead atoms. The molecule has 0 saturated carbocycles. The molecule has 134 valence electrons. The predicted octanol–water partition coefficient (Wildman–Crippen LogP) is 3.31. The Morgan fingerprint density at radius 2 is 2.12 bits per heavy atom. The summed E-state index contributed by atoms with van der Waals surface area (Å²) in [5.74, 6) is 0. The number of benzene rings is 1. The minimum absolute atomic E-state index is 0.101. The number of nitrogens with one attached hydrogen (secondary N) is 2. The first kappa shape index (κ1) is 17.9. The summed E-state index contributed by atoms with van der Waals surface area (Å²) in [5, 5.41) is 6.98. The average Bonchev–Trinajstić information content (AvgIpc) is 3.05. The van der Waals surface area contributed by atoms with E-state index < -0.39 is 0 Å². The molecule has 3 rings (SSSR count). The molecule has 1 aliphatic rings. The maximum Gasteiger partial charge on any atom is 0.315 e. The van der Waals surface area contributed by atoms with E-state index in [1.807, 2.05) is 19.2 Å². The molecule has 1 saturated heterocycles. The summed E-state index contributed by atoms with van der Waals surface area (Å²) < 4.78 is 0. The molecule has 5 nitrogen and oxygen atoms in total. The second-order valence-corrected chi connectivity index (χ2v) is 7.83. The van der Waals surface area contributed by atoms with Crippen LogP contribution in [-0.2, 0) is 13.1 Å². The molecule has 0 radical (unpaired) electrons. The summed E-state index contributed by atoms with van der Waals surface area (Å²) in [4.78, 5) is 19.8. The Bertz CT molecular complexity index is 673. The van der Waals surface area contributed by atoms with Gasteiger partial charge < -0.3 is 10.6 Å². The number of thiazole rings is 1. The first-order chi connectivity index (χ1) is 12.2. The first-order valence-electron chi connectivity index (χ1n) is 8.91.